The third-order valence-corrected chi connectivity index (χ3v) is 6.21. The monoisotopic (exact) mass is 287 g/mol. The van der Waals surface area contributed by atoms with Crippen molar-refractivity contribution in [2.24, 2.45) is 11.8 Å². The van der Waals surface area contributed by atoms with Crippen molar-refractivity contribution in [2.45, 2.75) is 50.2 Å². The molecule has 110 valence electrons. The molecule has 2 aliphatic rings. The first kappa shape index (κ1) is 15.0. The Morgan fingerprint density at radius 1 is 1.21 bits per heavy atom. The fourth-order valence-corrected chi connectivity index (χ4v) is 4.55. The molecule has 0 bridgehead atoms. The number of Topliss-reactive ketones (excluding diaryl/α,β-unsaturated/α-hetero) is 1. The molecule has 4 nitrogen and oxygen atoms in total. The average molecular weight is 287 g/mol. The fourth-order valence-electron chi connectivity index (χ4n) is 3.38. The molecule has 0 spiro atoms. The van der Waals surface area contributed by atoms with Crippen molar-refractivity contribution in [3.63, 3.8) is 0 Å². The van der Waals surface area contributed by atoms with E-state index < -0.39 is 9.84 Å². The minimum atomic E-state index is -2.99. The minimum Gasteiger partial charge on any atom is -0.316 e. The standard InChI is InChI=1S/C14H25NO3S/c1-19(17,18)13-6-2-5-12(9-13)14(16)8-11-4-3-7-15-10-11/h11-13,15H,2-10H2,1H3. The van der Waals surface area contributed by atoms with Gasteiger partial charge in [0.15, 0.2) is 0 Å². The highest BCUT2D eigenvalue weighted by Crippen LogP contribution is 2.31. The number of carbonyl (C=O) groups excluding carboxylic acids is 1. The number of piperidine rings is 1. The van der Waals surface area contributed by atoms with E-state index >= 15 is 0 Å². The van der Waals surface area contributed by atoms with Gasteiger partial charge in [0.05, 0.1) is 5.25 Å². The molecule has 0 aromatic carbocycles. The highest BCUT2D eigenvalue weighted by Gasteiger charge is 2.33. The van der Waals surface area contributed by atoms with E-state index in [0.29, 0.717) is 24.5 Å². The number of sulfone groups is 1. The summed E-state index contributed by atoms with van der Waals surface area (Å²) in [5, 5.41) is 3.04. The minimum absolute atomic E-state index is 0.0181. The maximum atomic E-state index is 12.3. The van der Waals surface area contributed by atoms with Crippen LogP contribution >= 0.6 is 0 Å². The molecule has 3 unspecified atom stereocenters. The summed E-state index contributed by atoms with van der Waals surface area (Å²) in [4.78, 5) is 12.3. The molecule has 1 heterocycles. The molecule has 2 rings (SSSR count). The molecule has 3 atom stereocenters. The lowest BCUT2D eigenvalue weighted by atomic mass is 9.81. The van der Waals surface area contributed by atoms with Gasteiger partial charge in [0, 0.05) is 18.6 Å². The van der Waals surface area contributed by atoms with E-state index in [1.807, 2.05) is 0 Å². The van der Waals surface area contributed by atoms with Crippen molar-refractivity contribution in [1.82, 2.24) is 5.32 Å². The van der Waals surface area contributed by atoms with Crippen LogP contribution in [0, 0.1) is 11.8 Å². The summed E-state index contributed by atoms with van der Waals surface area (Å²) in [7, 11) is -2.99. The number of carbonyl (C=O) groups is 1. The van der Waals surface area contributed by atoms with Gasteiger partial charge >= 0.3 is 0 Å². The lowest BCUT2D eigenvalue weighted by Gasteiger charge is -2.29. The van der Waals surface area contributed by atoms with Gasteiger partial charge in [-0.15, -0.1) is 0 Å². The van der Waals surface area contributed by atoms with Gasteiger partial charge in [-0.2, -0.15) is 0 Å². The molecule has 19 heavy (non-hydrogen) atoms. The molecule has 5 heteroatoms. The predicted molar refractivity (Wildman–Crippen MR) is 75.8 cm³/mol. The topological polar surface area (TPSA) is 63.2 Å². The van der Waals surface area contributed by atoms with Gasteiger partial charge in [0.2, 0.25) is 0 Å². The largest absolute Gasteiger partial charge is 0.316 e. The fraction of sp³-hybridized carbons (Fsp3) is 0.929. The van der Waals surface area contributed by atoms with Crippen LogP contribution in [0.3, 0.4) is 0 Å². The van der Waals surface area contributed by atoms with Gasteiger partial charge < -0.3 is 5.32 Å². The molecular formula is C14H25NO3S. The summed E-state index contributed by atoms with van der Waals surface area (Å²) in [5.41, 5.74) is 0. The summed E-state index contributed by atoms with van der Waals surface area (Å²) in [6, 6.07) is 0. The Morgan fingerprint density at radius 3 is 2.63 bits per heavy atom. The summed E-state index contributed by atoms with van der Waals surface area (Å²) < 4.78 is 23.2. The molecular weight excluding hydrogens is 262 g/mol. The van der Waals surface area contributed by atoms with Crippen LogP contribution in [0.5, 0.6) is 0 Å². The van der Waals surface area contributed by atoms with Crippen LogP contribution < -0.4 is 5.32 Å². The first-order valence-corrected chi connectivity index (χ1v) is 9.34. The summed E-state index contributed by atoms with van der Waals surface area (Å²) in [5.74, 6) is 0.734. The van der Waals surface area contributed by atoms with Crippen molar-refractivity contribution < 1.29 is 13.2 Å². The first-order chi connectivity index (χ1) is 8.97. The van der Waals surface area contributed by atoms with Crippen LogP contribution in [-0.4, -0.2) is 38.8 Å². The van der Waals surface area contributed by atoms with Crippen LogP contribution in [0.4, 0.5) is 0 Å². The molecule has 1 aliphatic heterocycles. The SMILES string of the molecule is CS(=O)(=O)C1CCCC(C(=O)CC2CCCNC2)C1. The number of nitrogens with one attached hydrogen (secondary N) is 1. The van der Waals surface area contributed by atoms with E-state index in [2.05, 4.69) is 5.32 Å². The maximum Gasteiger partial charge on any atom is 0.150 e. The zero-order valence-electron chi connectivity index (χ0n) is 11.7. The van der Waals surface area contributed by atoms with Crippen molar-refractivity contribution >= 4 is 15.6 Å². The zero-order chi connectivity index (χ0) is 13.9. The lowest BCUT2D eigenvalue weighted by Crippen LogP contribution is -2.35. The third kappa shape index (κ3) is 4.28. The van der Waals surface area contributed by atoms with Crippen molar-refractivity contribution in [3.8, 4) is 0 Å². The smallest absolute Gasteiger partial charge is 0.150 e. The summed E-state index contributed by atoms with van der Waals surface area (Å²) in [6.07, 6.45) is 7.24. The average Bonchev–Trinajstić information content (AvgIpc) is 2.39. The van der Waals surface area contributed by atoms with E-state index in [4.69, 9.17) is 0 Å². The van der Waals surface area contributed by atoms with Gasteiger partial charge in [-0.25, -0.2) is 8.42 Å². The highest BCUT2D eigenvalue weighted by molar-refractivity contribution is 7.91. The Bertz CT molecular complexity index is 412. The van der Waals surface area contributed by atoms with Gasteiger partial charge in [0.1, 0.15) is 15.6 Å². The number of rotatable bonds is 4. The second-order valence-electron chi connectivity index (χ2n) is 6.20. The van der Waals surface area contributed by atoms with Crippen LogP contribution in [0.15, 0.2) is 0 Å². The van der Waals surface area contributed by atoms with E-state index in [0.717, 1.165) is 45.2 Å². The van der Waals surface area contributed by atoms with E-state index in [-0.39, 0.29) is 11.2 Å². The van der Waals surface area contributed by atoms with Crippen LogP contribution in [-0.2, 0) is 14.6 Å². The molecule has 1 N–H and O–H groups in total. The third-order valence-electron chi connectivity index (χ3n) is 4.58. The summed E-state index contributed by atoms with van der Waals surface area (Å²) in [6.45, 7) is 2.00. The second-order valence-corrected chi connectivity index (χ2v) is 8.52. The molecule has 0 aromatic rings. The molecule has 1 aliphatic carbocycles. The van der Waals surface area contributed by atoms with Gasteiger partial charge in [0.25, 0.3) is 0 Å². The maximum absolute atomic E-state index is 12.3. The van der Waals surface area contributed by atoms with Gasteiger partial charge in [-0.05, 0) is 51.1 Å². The predicted octanol–water partition coefficient (Wildman–Crippen LogP) is 1.55. The Hall–Kier alpha value is -0.420. The van der Waals surface area contributed by atoms with Gasteiger partial charge in [-0.3, -0.25) is 4.79 Å². The molecule has 0 amide bonds. The highest BCUT2D eigenvalue weighted by atomic mass is 32.2. The number of hydrogen-bond acceptors (Lipinski definition) is 4. The van der Waals surface area contributed by atoms with E-state index in [9.17, 15) is 13.2 Å². The second kappa shape index (κ2) is 6.35. The summed E-state index contributed by atoms with van der Waals surface area (Å²) >= 11 is 0. The number of hydrogen-bond donors (Lipinski definition) is 1. The molecule has 2 fully saturated rings. The Kier molecular flexibility index (Phi) is 5.01. The Balaban J connectivity index is 1.88. The van der Waals surface area contributed by atoms with Crippen LogP contribution in [0.1, 0.15) is 44.9 Å². The molecule has 1 saturated heterocycles. The normalized spacial score (nSPS) is 33.0. The molecule has 0 aromatic heterocycles. The number of ketones is 1. The zero-order valence-corrected chi connectivity index (χ0v) is 12.5. The Morgan fingerprint density at radius 2 is 2.00 bits per heavy atom. The lowest BCUT2D eigenvalue weighted by molar-refractivity contribution is -0.124. The van der Waals surface area contributed by atoms with E-state index in [1.54, 1.807) is 0 Å². The first-order valence-electron chi connectivity index (χ1n) is 7.39. The quantitative estimate of drug-likeness (QED) is 0.852. The van der Waals surface area contributed by atoms with E-state index in [1.165, 1.54) is 6.26 Å². The van der Waals surface area contributed by atoms with Crippen molar-refractivity contribution in [2.75, 3.05) is 19.3 Å². The molecule has 0 radical (unpaired) electrons. The van der Waals surface area contributed by atoms with Crippen molar-refractivity contribution in [3.05, 3.63) is 0 Å². The Labute approximate surface area is 116 Å². The molecule has 1 saturated carbocycles. The van der Waals surface area contributed by atoms with Crippen molar-refractivity contribution in [1.29, 1.82) is 0 Å². The van der Waals surface area contributed by atoms with Gasteiger partial charge in [-0.1, -0.05) is 6.42 Å². The van der Waals surface area contributed by atoms with Crippen LogP contribution in [0.2, 0.25) is 0 Å². The van der Waals surface area contributed by atoms with Crippen LogP contribution in [0.25, 0.3) is 0 Å².